The molecule has 0 bridgehead atoms. The van der Waals surface area contributed by atoms with Gasteiger partial charge in [-0.15, -0.1) is 11.3 Å². The molecule has 1 fully saturated rings. The van der Waals surface area contributed by atoms with E-state index in [1.807, 2.05) is 5.38 Å². The second kappa shape index (κ2) is 7.06. The van der Waals surface area contributed by atoms with E-state index in [1.54, 1.807) is 11.3 Å². The zero-order chi connectivity index (χ0) is 16.5. The van der Waals surface area contributed by atoms with Crippen molar-refractivity contribution in [3.63, 3.8) is 0 Å². The van der Waals surface area contributed by atoms with E-state index in [4.69, 9.17) is 4.98 Å². The highest BCUT2D eigenvalue weighted by atomic mass is 79.9. The molecule has 1 aliphatic carbocycles. The summed E-state index contributed by atoms with van der Waals surface area (Å²) in [5.74, 6) is 1.35. The van der Waals surface area contributed by atoms with E-state index in [1.165, 1.54) is 19.3 Å². The van der Waals surface area contributed by atoms with Crippen molar-refractivity contribution in [2.24, 2.45) is 0 Å². The maximum atomic E-state index is 12.5. The number of rotatable bonds is 3. The standard InChI is InChI=1S/C17H21BrN4OS/c18-14-10-24-15(20-14)9-22-7-6-12-13(8-22)19-16(21-17(12)23)11-4-2-1-3-5-11/h10-11H,1-9H2,(H,19,21,23). The van der Waals surface area contributed by atoms with Gasteiger partial charge in [0.05, 0.1) is 12.2 Å². The number of thiazole rings is 1. The van der Waals surface area contributed by atoms with Gasteiger partial charge in [-0.3, -0.25) is 9.69 Å². The summed E-state index contributed by atoms with van der Waals surface area (Å²) >= 11 is 5.07. The van der Waals surface area contributed by atoms with E-state index in [9.17, 15) is 4.79 Å². The predicted octanol–water partition coefficient (Wildman–Crippen LogP) is 3.59. The van der Waals surface area contributed by atoms with Crippen LogP contribution >= 0.6 is 27.3 Å². The second-order valence-electron chi connectivity index (χ2n) is 6.74. The Morgan fingerprint density at radius 1 is 1.29 bits per heavy atom. The topological polar surface area (TPSA) is 61.9 Å². The van der Waals surface area contributed by atoms with Crippen molar-refractivity contribution < 1.29 is 0 Å². The lowest BCUT2D eigenvalue weighted by Crippen LogP contribution is -2.35. The molecule has 3 heterocycles. The molecule has 4 rings (SSSR count). The van der Waals surface area contributed by atoms with Crippen LogP contribution in [0.5, 0.6) is 0 Å². The Morgan fingerprint density at radius 2 is 2.12 bits per heavy atom. The van der Waals surface area contributed by atoms with Gasteiger partial charge in [0.15, 0.2) is 0 Å². The summed E-state index contributed by atoms with van der Waals surface area (Å²) in [4.78, 5) is 27.2. The summed E-state index contributed by atoms with van der Waals surface area (Å²) in [5.41, 5.74) is 1.93. The Balaban J connectivity index is 1.55. The van der Waals surface area contributed by atoms with Gasteiger partial charge >= 0.3 is 0 Å². The molecular weight excluding hydrogens is 388 g/mol. The molecule has 0 saturated heterocycles. The van der Waals surface area contributed by atoms with Gasteiger partial charge in [0.2, 0.25) is 0 Å². The Morgan fingerprint density at radius 3 is 2.88 bits per heavy atom. The van der Waals surface area contributed by atoms with Crippen molar-refractivity contribution in [2.45, 2.75) is 57.5 Å². The van der Waals surface area contributed by atoms with Crippen LogP contribution in [0.25, 0.3) is 0 Å². The number of aromatic amines is 1. The Kier molecular flexibility index (Phi) is 4.83. The molecule has 7 heteroatoms. The quantitative estimate of drug-likeness (QED) is 0.842. The minimum absolute atomic E-state index is 0.0808. The highest BCUT2D eigenvalue weighted by Crippen LogP contribution is 2.31. The fourth-order valence-corrected chi connectivity index (χ4v) is 5.08. The van der Waals surface area contributed by atoms with E-state index in [0.29, 0.717) is 5.92 Å². The van der Waals surface area contributed by atoms with Crippen molar-refractivity contribution in [3.8, 4) is 0 Å². The summed E-state index contributed by atoms with van der Waals surface area (Å²) in [7, 11) is 0. The number of nitrogens with one attached hydrogen (secondary N) is 1. The van der Waals surface area contributed by atoms with Gasteiger partial charge in [0, 0.05) is 30.0 Å². The number of H-pyrrole nitrogens is 1. The molecule has 0 spiro atoms. The first-order chi connectivity index (χ1) is 11.7. The summed E-state index contributed by atoms with van der Waals surface area (Å²) < 4.78 is 0.897. The number of halogens is 1. The highest BCUT2D eigenvalue weighted by Gasteiger charge is 2.24. The molecule has 0 radical (unpaired) electrons. The molecule has 1 saturated carbocycles. The number of hydrogen-bond acceptors (Lipinski definition) is 5. The molecule has 2 aromatic rings. The molecule has 1 aliphatic heterocycles. The molecule has 2 aromatic heterocycles. The van der Waals surface area contributed by atoms with Crippen molar-refractivity contribution in [1.82, 2.24) is 19.9 Å². The van der Waals surface area contributed by atoms with Crippen LogP contribution in [0.2, 0.25) is 0 Å². The Hall–Kier alpha value is -1.05. The number of aromatic nitrogens is 3. The van der Waals surface area contributed by atoms with Crippen LogP contribution in [-0.4, -0.2) is 26.4 Å². The van der Waals surface area contributed by atoms with Crippen LogP contribution in [0.1, 0.15) is 60.1 Å². The predicted molar refractivity (Wildman–Crippen MR) is 98.3 cm³/mol. The fourth-order valence-electron chi connectivity index (χ4n) is 3.77. The van der Waals surface area contributed by atoms with Crippen molar-refractivity contribution in [2.75, 3.05) is 6.54 Å². The number of nitrogens with zero attached hydrogens (tertiary/aromatic N) is 3. The van der Waals surface area contributed by atoms with Crippen LogP contribution in [0.15, 0.2) is 14.8 Å². The van der Waals surface area contributed by atoms with Gasteiger partial charge in [0.1, 0.15) is 15.4 Å². The zero-order valence-electron chi connectivity index (χ0n) is 13.6. The minimum atomic E-state index is 0.0808. The van der Waals surface area contributed by atoms with Crippen LogP contribution in [-0.2, 0) is 19.5 Å². The van der Waals surface area contributed by atoms with E-state index >= 15 is 0 Å². The summed E-state index contributed by atoms with van der Waals surface area (Å²) in [6.07, 6.45) is 6.88. The number of fused-ring (bicyclic) bond motifs is 1. The van der Waals surface area contributed by atoms with Gasteiger partial charge in [-0.1, -0.05) is 19.3 Å². The molecule has 128 valence electrons. The van der Waals surface area contributed by atoms with Gasteiger partial charge in [0.25, 0.3) is 5.56 Å². The van der Waals surface area contributed by atoms with Crippen LogP contribution in [0.4, 0.5) is 0 Å². The van der Waals surface area contributed by atoms with Crippen molar-refractivity contribution in [1.29, 1.82) is 0 Å². The first-order valence-electron chi connectivity index (χ1n) is 8.63. The fraction of sp³-hybridized carbons (Fsp3) is 0.588. The average molecular weight is 409 g/mol. The third-order valence-corrected chi connectivity index (χ3v) is 6.59. The van der Waals surface area contributed by atoms with Crippen LogP contribution < -0.4 is 5.56 Å². The SMILES string of the molecule is O=c1[nH]c(C2CCCCC2)nc2c1CCN(Cc1nc(Br)cs1)C2. The van der Waals surface area contributed by atoms with E-state index < -0.39 is 0 Å². The highest BCUT2D eigenvalue weighted by molar-refractivity contribution is 9.10. The minimum Gasteiger partial charge on any atom is -0.310 e. The summed E-state index contributed by atoms with van der Waals surface area (Å²) in [6.45, 7) is 2.46. The normalized spacial score (nSPS) is 19.4. The van der Waals surface area contributed by atoms with E-state index in [2.05, 4.69) is 30.8 Å². The first-order valence-corrected chi connectivity index (χ1v) is 10.3. The second-order valence-corrected chi connectivity index (χ2v) is 8.49. The lowest BCUT2D eigenvalue weighted by atomic mass is 9.88. The molecule has 0 unspecified atom stereocenters. The lowest BCUT2D eigenvalue weighted by Gasteiger charge is -2.28. The van der Waals surface area contributed by atoms with Crippen molar-refractivity contribution in [3.05, 3.63) is 42.4 Å². The molecule has 1 N–H and O–H groups in total. The zero-order valence-corrected chi connectivity index (χ0v) is 16.0. The monoisotopic (exact) mass is 408 g/mol. The van der Waals surface area contributed by atoms with Crippen LogP contribution in [0.3, 0.4) is 0 Å². The molecular formula is C17H21BrN4OS. The van der Waals surface area contributed by atoms with Gasteiger partial charge in [-0.25, -0.2) is 9.97 Å². The van der Waals surface area contributed by atoms with E-state index in [-0.39, 0.29) is 5.56 Å². The maximum absolute atomic E-state index is 12.5. The number of hydrogen-bond donors (Lipinski definition) is 1. The molecule has 2 aliphatic rings. The maximum Gasteiger partial charge on any atom is 0.254 e. The summed E-state index contributed by atoms with van der Waals surface area (Å²) in [6, 6.07) is 0. The third kappa shape index (κ3) is 3.48. The molecule has 0 aromatic carbocycles. The largest absolute Gasteiger partial charge is 0.310 e. The Bertz CT molecular complexity index is 781. The molecule has 0 atom stereocenters. The average Bonchev–Trinajstić information content (AvgIpc) is 3.00. The molecule has 5 nitrogen and oxygen atoms in total. The first kappa shape index (κ1) is 16.4. The van der Waals surface area contributed by atoms with Gasteiger partial charge in [-0.2, -0.15) is 0 Å². The lowest BCUT2D eigenvalue weighted by molar-refractivity contribution is 0.239. The smallest absolute Gasteiger partial charge is 0.254 e. The van der Waals surface area contributed by atoms with Crippen molar-refractivity contribution >= 4 is 27.3 Å². The van der Waals surface area contributed by atoms with Gasteiger partial charge in [-0.05, 0) is 35.2 Å². The van der Waals surface area contributed by atoms with Gasteiger partial charge < -0.3 is 4.98 Å². The Labute approximate surface area is 153 Å². The third-order valence-electron chi connectivity index (χ3n) is 5.05. The van der Waals surface area contributed by atoms with Crippen LogP contribution in [0, 0.1) is 0 Å². The molecule has 24 heavy (non-hydrogen) atoms. The van der Waals surface area contributed by atoms with E-state index in [0.717, 1.165) is 65.6 Å². The molecule has 0 amide bonds. The summed E-state index contributed by atoms with van der Waals surface area (Å²) in [5, 5.41) is 3.11.